The zero-order valence-electron chi connectivity index (χ0n) is 12.1. The van der Waals surface area contributed by atoms with Crippen LogP contribution in [0, 0.1) is 6.92 Å². The van der Waals surface area contributed by atoms with Crippen molar-refractivity contribution in [1.82, 2.24) is 9.78 Å². The van der Waals surface area contributed by atoms with Crippen LogP contribution in [0.5, 0.6) is 0 Å². The van der Waals surface area contributed by atoms with Crippen LogP contribution in [0.3, 0.4) is 0 Å². The van der Waals surface area contributed by atoms with Crippen LogP contribution in [0.4, 0.5) is 0 Å². The van der Waals surface area contributed by atoms with Crippen LogP contribution in [0.2, 0.25) is 0 Å². The summed E-state index contributed by atoms with van der Waals surface area (Å²) in [6.45, 7) is 6.31. The van der Waals surface area contributed by atoms with E-state index in [0.717, 1.165) is 40.4 Å². The zero-order chi connectivity index (χ0) is 14.7. The number of benzene rings is 1. The summed E-state index contributed by atoms with van der Waals surface area (Å²) < 4.78 is 2.93. The van der Waals surface area contributed by atoms with Crippen LogP contribution >= 0.6 is 15.9 Å². The van der Waals surface area contributed by atoms with Crippen LogP contribution in [0.25, 0.3) is 11.3 Å². The monoisotopic (exact) mass is 334 g/mol. The van der Waals surface area contributed by atoms with E-state index in [9.17, 15) is 4.79 Å². The molecule has 2 rings (SSSR count). The molecule has 4 heteroatoms. The van der Waals surface area contributed by atoms with Gasteiger partial charge < -0.3 is 0 Å². The number of halogens is 1. The minimum Gasteiger partial charge on any atom is -0.298 e. The summed E-state index contributed by atoms with van der Waals surface area (Å²) in [6, 6.07) is 6.44. The molecule has 20 heavy (non-hydrogen) atoms. The highest BCUT2D eigenvalue weighted by atomic mass is 79.9. The van der Waals surface area contributed by atoms with E-state index in [4.69, 9.17) is 0 Å². The zero-order valence-corrected chi connectivity index (χ0v) is 13.6. The van der Waals surface area contributed by atoms with Crippen LogP contribution in [0.15, 0.2) is 28.9 Å². The quantitative estimate of drug-likeness (QED) is 0.736. The number of carbonyl (C=O) groups is 1. The predicted octanol–water partition coefficient (Wildman–Crippen LogP) is 4.79. The summed E-state index contributed by atoms with van der Waals surface area (Å²) in [6.07, 6.45) is 4.76. The largest absolute Gasteiger partial charge is 0.298 e. The molecule has 0 radical (unpaired) electrons. The van der Waals surface area contributed by atoms with Crippen molar-refractivity contribution in [3.8, 4) is 11.3 Å². The van der Waals surface area contributed by atoms with Crippen molar-refractivity contribution in [2.24, 2.45) is 0 Å². The molecule has 0 aliphatic heterocycles. The Labute approximate surface area is 128 Å². The number of aryl methyl sites for hydroxylation is 1. The Morgan fingerprint density at radius 3 is 2.55 bits per heavy atom. The highest BCUT2D eigenvalue weighted by Gasteiger charge is 2.15. The molecule has 0 atom stereocenters. The first-order valence-corrected chi connectivity index (χ1v) is 7.70. The molecule has 0 spiro atoms. The second-order valence-corrected chi connectivity index (χ2v) is 5.93. The first-order valence-electron chi connectivity index (χ1n) is 6.90. The van der Waals surface area contributed by atoms with E-state index in [0.29, 0.717) is 11.6 Å². The fourth-order valence-electron chi connectivity index (χ4n) is 2.44. The molecule has 0 saturated carbocycles. The molecule has 0 saturated heterocycles. The number of nitrogens with zero attached hydrogens (tertiary/aromatic N) is 2. The molecule has 0 fully saturated rings. The SMILES string of the molecule is CCC(CC)n1cc(C=O)c(-c2cc(C)cc(Br)c2)n1. The molecule has 0 aliphatic rings. The maximum Gasteiger partial charge on any atom is 0.153 e. The standard InChI is InChI=1S/C16H19BrN2O/c1-4-15(5-2)19-9-13(10-20)16(18-19)12-6-11(3)7-14(17)8-12/h6-10,15H,4-5H2,1-3H3. The minimum atomic E-state index is 0.343. The molecule has 0 aliphatic carbocycles. The Balaban J connectivity index is 2.52. The normalized spacial score (nSPS) is 11.1. The van der Waals surface area contributed by atoms with E-state index in [1.54, 1.807) is 0 Å². The lowest BCUT2D eigenvalue weighted by molar-refractivity contribution is 0.112. The summed E-state index contributed by atoms with van der Waals surface area (Å²) >= 11 is 3.50. The van der Waals surface area contributed by atoms with Crippen molar-refractivity contribution in [1.29, 1.82) is 0 Å². The van der Waals surface area contributed by atoms with E-state index in [1.807, 2.05) is 29.9 Å². The number of aromatic nitrogens is 2. The fourth-order valence-corrected chi connectivity index (χ4v) is 3.05. The van der Waals surface area contributed by atoms with Gasteiger partial charge in [0, 0.05) is 16.2 Å². The van der Waals surface area contributed by atoms with Gasteiger partial charge in [-0.2, -0.15) is 5.10 Å². The van der Waals surface area contributed by atoms with Crippen molar-refractivity contribution in [3.05, 3.63) is 40.0 Å². The first-order chi connectivity index (χ1) is 9.58. The molecule has 1 aromatic heterocycles. The lowest BCUT2D eigenvalue weighted by atomic mass is 10.1. The average molecular weight is 335 g/mol. The van der Waals surface area contributed by atoms with E-state index in [1.165, 1.54) is 0 Å². The maximum absolute atomic E-state index is 11.3. The Morgan fingerprint density at radius 1 is 1.30 bits per heavy atom. The van der Waals surface area contributed by atoms with Gasteiger partial charge in [0.15, 0.2) is 6.29 Å². The molecule has 3 nitrogen and oxygen atoms in total. The molecule has 0 amide bonds. The van der Waals surface area contributed by atoms with Crippen molar-refractivity contribution < 1.29 is 4.79 Å². The lowest BCUT2D eigenvalue weighted by Gasteiger charge is -2.12. The Kier molecular flexibility index (Phi) is 4.76. The maximum atomic E-state index is 11.3. The van der Waals surface area contributed by atoms with Crippen LogP contribution in [0.1, 0.15) is 48.7 Å². The van der Waals surface area contributed by atoms with Crippen molar-refractivity contribution in [3.63, 3.8) is 0 Å². The molecule has 0 unspecified atom stereocenters. The number of hydrogen-bond donors (Lipinski definition) is 0. The lowest BCUT2D eigenvalue weighted by Crippen LogP contribution is -2.07. The Morgan fingerprint density at radius 2 is 2.00 bits per heavy atom. The van der Waals surface area contributed by atoms with E-state index < -0.39 is 0 Å². The van der Waals surface area contributed by atoms with Gasteiger partial charge in [-0.1, -0.05) is 29.8 Å². The Hall–Kier alpha value is -1.42. The fraction of sp³-hybridized carbons (Fsp3) is 0.375. The molecular weight excluding hydrogens is 316 g/mol. The highest BCUT2D eigenvalue weighted by Crippen LogP contribution is 2.27. The van der Waals surface area contributed by atoms with E-state index in [2.05, 4.69) is 40.9 Å². The smallest absolute Gasteiger partial charge is 0.153 e. The van der Waals surface area contributed by atoms with Gasteiger partial charge in [-0.15, -0.1) is 0 Å². The van der Waals surface area contributed by atoms with Gasteiger partial charge >= 0.3 is 0 Å². The molecule has 2 aromatic rings. The number of aldehydes is 1. The third kappa shape index (κ3) is 3.01. The van der Waals surface area contributed by atoms with Crippen LogP contribution in [-0.4, -0.2) is 16.1 Å². The number of rotatable bonds is 5. The summed E-state index contributed by atoms with van der Waals surface area (Å²) in [5.74, 6) is 0. The predicted molar refractivity (Wildman–Crippen MR) is 85.1 cm³/mol. The summed E-state index contributed by atoms with van der Waals surface area (Å²) in [4.78, 5) is 11.3. The van der Waals surface area contributed by atoms with Crippen LogP contribution in [-0.2, 0) is 0 Å². The molecule has 0 N–H and O–H groups in total. The molecule has 1 heterocycles. The second-order valence-electron chi connectivity index (χ2n) is 5.02. The van der Waals surface area contributed by atoms with Crippen molar-refractivity contribution >= 4 is 22.2 Å². The highest BCUT2D eigenvalue weighted by molar-refractivity contribution is 9.10. The summed E-state index contributed by atoms with van der Waals surface area (Å²) in [5.41, 5.74) is 3.53. The number of carbonyl (C=O) groups excluding carboxylic acids is 1. The van der Waals surface area contributed by atoms with E-state index >= 15 is 0 Å². The van der Waals surface area contributed by atoms with Gasteiger partial charge in [-0.05, 0) is 43.5 Å². The van der Waals surface area contributed by atoms with Crippen LogP contribution < -0.4 is 0 Å². The third-order valence-corrected chi connectivity index (χ3v) is 3.98. The van der Waals surface area contributed by atoms with Gasteiger partial charge in [0.1, 0.15) is 5.69 Å². The molecule has 106 valence electrons. The van der Waals surface area contributed by atoms with Crippen molar-refractivity contribution in [2.75, 3.05) is 0 Å². The average Bonchev–Trinajstić information content (AvgIpc) is 2.83. The topological polar surface area (TPSA) is 34.9 Å². The summed E-state index contributed by atoms with van der Waals surface area (Å²) in [7, 11) is 0. The van der Waals surface area contributed by atoms with Gasteiger partial charge in [0.25, 0.3) is 0 Å². The number of hydrogen-bond acceptors (Lipinski definition) is 2. The van der Waals surface area contributed by atoms with E-state index in [-0.39, 0.29) is 0 Å². The molecular formula is C16H19BrN2O. The van der Waals surface area contributed by atoms with Gasteiger partial charge in [0.2, 0.25) is 0 Å². The Bertz CT molecular complexity index is 595. The third-order valence-electron chi connectivity index (χ3n) is 3.52. The molecule has 1 aromatic carbocycles. The summed E-state index contributed by atoms with van der Waals surface area (Å²) in [5, 5.41) is 4.64. The minimum absolute atomic E-state index is 0.343. The van der Waals surface area contributed by atoms with Gasteiger partial charge in [-0.25, -0.2) is 0 Å². The van der Waals surface area contributed by atoms with Gasteiger partial charge in [0.05, 0.1) is 11.6 Å². The first kappa shape index (κ1) is 15.0. The van der Waals surface area contributed by atoms with Crippen molar-refractivity contribution in [2.45, 2.75) is 39.7 Å². The second kappa shape index (κ2) is 6.35. The molecule has 0 bridgehead atoms. The van der Waals surface area contributed by atoms with Gasteiger partial charge in [-0.3, -0.25) is 9.48 Å².